The number of hydrogen-bond acceptors (Lipinski definition) is 7. The standard InChI is InChI=1S/C25H28N6O4/c1-17-8-6-12-30-20(32)14-19(27-23(17)30)16-29(11-7-13-35-2)21-22(26)31(25(34)28-24(21)33)15-18-9-4-3-5-10-18/h3-6,8-10,12,14H,7,11,13,15-16,26H2,1-2H3,(H,28,33,34). The van der Waals surface area contributed by atoms with Crippen molar-refractivity contribution in [2.75, 3.05) is 30.9 Å². The van der Waals surface area contributed by atoms with E-state index >= 15 is 0 Å². The number of fused-ring (bicyclic) bond motifs is 1. The molecule has 0 spiro atoms. The SMILES string of the molecule is COCCCN(Cc1cc(=O)n2cccc(C)c2n1)c1c(N)n(Cc2ccccc2)c(=O)[nH]c1=O. The summed E-state index contributed by atoms with van der Waals surface area (Å²) in [5.74, 6) is 0.0497. The highest BCUT2D eigenvalue weighted by atomic mass is 16.5. The topological polar surface area (TPSA) is 128 Å². The van der Waals surface area contributed by atoms with Crippen molar-refractivity contribution in [1.82, 2.24) is 18.9 Å². The average molecular weight is 477 g/mol. The van der Waals surface area contributed by atoms with Crippen LogP contribution in [-0.4, -0.2) is 39.2 Å². The fraction of sp³-hybridized carbons (Fsp3) is 0.280. The molecule has 3 heterocycles. The molecule has 0 atom stereocenters. The lowest BCUT2D eigenvalue weighted by Gasteiger charge is -2.26. The van der Waals surface area contributed by atoms with Crippen LogP contribution in [0.5, 0.6) is 0 Å². The van der Waals surface area contributed by atoms with Crippen LogP contribution in [0, 0.1) is 6.92 Å². The van der Waals surface area contributed by atoms with Gasteiger partial charge in [0.2, 0.25) is 0 Å². The van der Waals surface area contributed by atoms with Crippen molar-refractivity contribution in [1.29, 1.82) is 0 Å². The molecule has 0 saturated heterocycles. The van der Waals surface area contributed by atoms with Gasteiger partial charge in [0.15, 0.2) is 0 Å². The number of methoxy groups -OCH3 is 1. The Kier molecular flexibility index (Phi) is 7.11. The highest BCUT2D eigenvalue weighted by Crippen LogP contribution is 2.20. The molecule has 10 heteroatoms. The van der Waals surface area contributed by atoms with Crippen molar-refractivity contribution in [3.8, 4) is 0 Å². The number of aromatic amines is 1. The number of nitrogens with one attached hydrogen (secondary N) is 1. The van der Waals surface area contributed by atoms with Gasteiger partial charge in [0.05, 0.1) is 18.8 Å². The van der Waals surface area contributed by atoms with Crippen molar-refractivity contribution in [3.63, 3.8) is 0 Å². The van der Waals surface area contributed by atoms with E-state index in [0.717, 1.165) is 11.1 Å². The number of aryl methyl sites for hydroxylation is 1. The minimum Gasteiger partial charge on any atom is -0.385 e. The monoisotopic (exact) mass is 476 g/mol. The van der Waals surface area contributed by atoms with Gasteiger partial charge in [-0.1, -0.05) is 36.4 Å². The van der Waals surface area contributed by atoms with Gasteiger partial charge in [-0.3, -0.25) is 23.5 Å². The molecule has 0 aliphatic carbocycles. The van der Waals surface area contributed by atoms with Crippen LogP contribution in [0.3, 0.4) is 0 Å². The molecule has 0 amide bonds. The Bertz CT molecular complexity index is 1510. The summed E-state index contributed by atoms with van der Waals surface area (Å²) >= 11 is 0. The average Bonchev–Trinajstić information content (AvgIpc) is 2.83. The predicted octanol–water partition coefficient (Wildman–Crippen LogP) is 1.53. The van der Waals surface area contributed by atoms with E-state index < -0.39 is 11.2 Å². The summed E-state index contributed by atoms with van der Waals surface area (Å²) in [6.07, 6.45) is 2.26. The number of H-pyrrole nitrogens is 1. The minimum absolute atomic E-state index is 0.0497. The van der Waals surface area contributed by atoms with Crippen LogP contribution in [0.1, 0.15) is 23.2 Å². The van der Waals surface area contributed by atoms with E-state index in [-0.39, 0.29) is 30.2 Å². The van der Waals surface area contributed by atoms with E-state index in [9.17, 15) is 14.4 Å². The number of pyridine rings is 1. The maximum atomic E-state index is 13.0. The fourth-order valence-electron chi connectivity index (χ4n) is 4.06. The Hall–Kier alpha value is -4.18. The molecular formula is C25H28N6O4. The summed E-state index contributed by atoms with van der Waals surface area (Å²) in [4.78, 5) is 47.1. The Labute approximate surface area is 201 Å². The molecule has 0 unspecified atom stereocenters. The van der Waals surface area contributed by atoms with Gasteiger partial charge in [-0.25, -0.2) is 9.78 Å². The van der Waals surface area contributed by atoms with Gasteiger partial charge in [-0.2, -0.15) is 0 Å². The first-order valence-corrected chi connectivity index (χ1v) is 11.3. The third-order valence-corrected chi connectivity index (χ3v) is 5.78. The Morgan fingerprint density at radius 1 is 1.11 bits per heavy atom. The second-order valence-electron chi connectivity index (χ2n) is 8.30. The third-order valence-electron chi connectivity index (χ3n) is 5.78. The van der Waals surface area contributed by atoms with Crippen LogP contribution in [0.25, 0.3) is 5.65 Å². The van der Waals surface area contributed by atoms with Crippen molar-refractivity contribution in [2.24, 2.45) is 0 Å². The highest BCUT2D eigenvalue weighted by Gasteiger charge is 2.20. The first-order chi connectivity index (χ1) is 16.9. The van der Waals surface area contributed by atoms with Gasteiger partial charge < -0.3 is 15.4 Å². The molecule has 10 nitrogen and oxygen atoms in total. The van der Waals surface area contributed by atoms with Gasteiger partial charge in [0, 0.05) is 32.5 Å². The Morgan fingerprint density at radius 3 is 2.63 bits per heavy atom. The number of benzene rings is 1. The summed E-state index contributed by atoms with van der Waals surface area (Å²) in [5.41, 5.74) is 7.92. The van der Waals surface area contributed by atoms with Gasteiger partial charge in [0.1, 0.15) is 17.2 Å². The number of nitrogen functional groups attached to an aromatic ring is 1. The summed E-state index contributed by atoms with van der Waals surface area (Å²) in [5, 5.41) is 0. The highest BCUT2D eigenvalue weighted by molar-refractivity contribution is 5.63. The van der Waals surface area contributed by atoms with E-state index in [1.807, 2.05) is 43.3 Å². The molecule has 0 bridgehead atoms. The smallest absolute Gasteiger partial charge is 0.330 e. The molecule has 3 N–H and O–H groups in total. The first kappa shape index (κ1) is 24.0. The Morgan fingerprint density at radius 2 is 1.89 bits per heavy atom. The molecule has 0 radical (unpaired) electrons. The Balaban J connectivity index is 1.78. The zero-order chi connectivity index (χ0) is 24.9. The molecule has 0 fully saturated rings. The zero-order valence-electron chi connectivity index (χ0n) is 19.7. The van der Waals surface area contributed by atoms with Crippen LogP contribution in [0.15, 0.2) is 69.1 Å². The van der Waals surface area contributed by atoms with Crippen LogP contribution in [-0.2, 0) is 17.8 Å². The van der Waals surface area contributed by atoms with Gasteiger partial charge in [-0.05, 0) is 30.5 Å². The quantitative estimate of drug-likeness (QED) is 0.351. The summed E-state index contributed by atoms with van der Waals surface area (Å²) in [6.45, 7) is 3.10. The van der Waals surface area contributed by atoms with E-state index in [4.69, 9.17) is 10.5 Å². The lowest BCUT2D eigenvalue weighted by molar-refractivity contribution is 0.196. The number of nitrogens with two attached hydrogens (primary N) is 1. The number of rotatable bonds is 9. The van der Waals surface area contributed by atoms with Gasteiger partial charge in [0.25, 0.3) is 11.1 Å². The molecule has 182 valence electrons. The lowest BCUT2D eigenvalue weighted by atomic mass is 10.2. The molecular weight excluding hydrogens is 448 g/mol. The minimum atomic E-state index is -0.595. The fourth-order valence-corrected chi connectivity index (χ4v) is 4.06. The second kappa shape index (κ2) is 10.4. The molecule has 4 aromatic rings. The van der Waals surface area contributed by atoms with Gasteiger partial charge in [-0.15, -0.1) is 0 Å². The number of aromatic nitrogens is 4. The molecule has 35 heavy (non-hydrogen) atoms. The van der Waals surface area contributed by atoms with Crippen LogP contribution < -0.4 is 27.4 Å². The van der Waals surface area contributed by atoms with E-state index in [2.05, 4.69) is 9.97 Å². The summed E-state index contributed by atoms with van der Waals surface area (Å²) in [6, 6.07) is 14.5. The number of ether oxygens (including phenoxy) is 1. The zero-order valence-corrected chi connectivity index (χ0v) is 19.7. The predicted molar refractivity (Wildman–Crippen MR) is 135 cm³/mol. The summed E-state index contributed by atoms with van der Waals surface area (Å²) in [7, 11) is 1.60. The molecule has 0 saturated carbocycles. The van der Waals surface area contributed by atoms with E-state index in [0.29, 0.717) is 30.9 Å². The normalized spacial score (nSPS) is 11.1. The summed E-state index contributed by atoms with van der Waals surface area (Å²) < 4.78 is 8.00. The van der Waals surface area contributed by atoms with Crippen LogP contribution >= 0.6 is 0 Å². The number of hydrogen-bond donors (Lipinski definition) is 2. The van der Waals surface area contributed by atoms with Crippen LogP contribution in [0.2, 0.25) is 0 Å². The van der Waals surface area contributed by atoms with Gasteiger partial charge >= 0.3 is 5.69 Å². The van der Waals surface area contributed by atoms with Crippen molar-refractivity contribution in [3.05, 3.63) is 103 Å². The molecule has 0 aliphatic rings. The van der Waals surface area contributed by atoms with Crippen molar-refractivity contribution >= 4 is 17.2 Å². The van der Waals surface area contributed by atoms with Crippen molar-refractivity contribution < 1.29 is 4.74 Å². The van der Waals surface area contributed by atoms with Crippen LogP contribution in [0.4, 0.5) is 11.5 Å². The van der Waals surface area contributed by atoms with Crippen molar-refractivity contribution in [2.45, 2.75) is 26.4 Å². The maximum absolute atomic E-state index is 13.0. The maximum Gasteiger partial charge on any atom is 0.330 e. The second-order valence-corrected chi connectivity index (χ2v) is 8.30. The number of anilines is 2. The number of nitrogens with zero attached hydrogens (tertiary/aromatic N) is 4. The van der Waals surface area contributed by atoms with E-state index in [1.54, 1.807) is 24.3 Å². The molecule has 1 aromatic carbocycles. The first-order valence-electron chi connectivity index (χ1n) is 11.3. The molecule has 3 aromatic heterocycles. The van der Waals surface area contributed by atoms with E-state index in [1.165, 1.54) is 15.0 Å². The lowest BCUT2D eigenvalue weighted by Crippen LogP contribution is -2.39. The molecule has 4 rings (SSSR count). The third kappa shape index (κ3) is 5.17. The largest absolute Gasteiger partial charge is 0.385 e. The molecule has 0 aliphatic heterocycles.